The molecule has 2 rings (SSSR count). The first-order chi connectivity index (χ1) is 12.4. The number of ether oxygens (including phenoxy) is 1. The van der Waals surface area contributed by atoms with Crippen LogP contribution in [-0.2, 0) is 20.3 Å². The quantitative estimate of drug-likeness (QED) is 0.389. The monoisotopic (exact) mass is 381 g/mol. The summed E-state index contributed by atoms with van der Waals surface area (Å²) in [6, 6.07) is 9.30. The van der Waals surface area contributed by atoms with E-state index in [9.17, 15) is 8.42 Å². The molecular weight excluding hydrogens is 350 g/mol. The molecule has 1 aliphatic heterocycles. The summed E-state index contributed by atoms with van der Waals surface area (Å²) in [6.45, 7) is 6.83. The van der Waals surface area contributed by atoms with E-state index in [2.05, 4.69) is 22.5 Å². The molecule has 1 unspecified atom stereocenters. The van der Waals surface area contributed by atoms with Crippen molar-refractivity contribution in [3.8, 4) is 0 Å². The van der Waals surface area contributed by atoms with Crippen LogP contribution >= 0.6 is 0 Å². The molecule has 1 heterocycles. The molecule has 1 saturated heterocycles. The average Bonchev–Trinajstić information content (AvgIpc) is 3.04. The summed E-state index contributed by atoms with van der Waals surface area (Å²) in [5.74, 6) is 0.969. The van der Waals surface area contributed by atoms with Crippen LogP contribution in [0.5, 0.6) is 0 Å². The summed E-state index contributed by atoms with van der Waals surface area (Å²) in [6.07, 6.45) is 2.65. The summed E-state index contributed by atoms with van der Waals surface area (Å²) in [4.78, 5) is 4.59. The lowest BCUT2D eigenvalue weighted by molar-refractivity contribution is 0.0283. The predicted octanol–water partition coefficient (Wildman–Crippen LogP) is 2.12. The number of aliphatic imine (C=N–C) groups is 1. The first-order valence-electron chi connectivity index (χ1n) is 9.33. The summed E-state index contributed by atoms with van der Waals surface area (Å²) < 4.78 is 30.2. The molecule has 146 valence electrons. The third kappa shape index (κ3) is 7.33. The van der Waals surface area contributed by atoms with Gasteiger partial charge in [-0.1, -0.05) is 30.3 Å². The van der Waals surface area contributed by atoms with E-state index in [1.807, 2.05) is 37.3 Å². The zero-order valence-corrected chi connectivity index (χ0v) is 16.6. The summed E-state index contributed by atoms with van der Waals surface area (Å²) >= 11 is 0. The molecule has 1 aromatic carbocycles. The van der Waals surface area contributed by atoms with Crippen molar-refractivity contribution in [3.63, 3.8) is 0 Å². The summed E-state index contributed by atoms with van der Waals surface area (Å²) in [7, 11) is -3.10. The molecule has 1 aromatic rings. The van der Waals surface area contributed by atoms with Gasteiger partial charge in [0.15, 0.2) is 15.8 Å². The normalized spacial score (nSPS) is 20.9. The highest BCUT2D eigenvalue weighted by molar-refractivity contribution is 7.90. The maximum absolute atomic E-state index is 12.2. The summed E-state index contributed by atoms with van der Waals surface area (Å²) in [5.41, 5.74) is 0.654. The molecule has 0 bridgehead atoms. The van der Waals surface area contributed by atoms with Gasteiger partial charge in [0, 0.05) is 19.7 Å². The lowest BCUT2D eigenvalue weighted by Gasteiger charge is -2.21. The van der Waals surface area contributed by atoms with Crippen molar-refractivity contribution in [1.29, 1.82) is 0 Å². The van der Waals surface area contributed by atoms with Gasteiger partial charge in [-0.2, -0.15) is 0 Å². The first-order valence-corrected chi connectivity index (χ1v) is 11.2. The number of hydrogen-bond acceptors (Lipinski definition) is 4. The highest BCUT2D eigenvalue weighted by atomic mass is 32.2. The Hall–Kier alpha value is -1.60. The van der Waals surface area contributed by atoms with Crippen LogP contribution in [0.3, 0.4) is 0 Å². The van der Waals surface area contributed by atoms with E-state index < -0.39 is 9.84 Å². The minimum atomic E-state index is -3.10. The van der Waals surface area contributed by atoms with Crippen LogP contribution in [0.15, 0.2) is 35.3 Å². The molecule has 0 spiro atoms. The second-order valence-corrected chi connectivity index (χ2v) is 9.14. The van der Waals surface area contributed by atoms with Gasteiger partial charge in [-0.05, 0) is 38.7 Å². The van der Waals surface area contributed by atoms with Gasteiger partial charge < -0.3 is 15.4 Å². The Morgan fingerprint density at radius 1 is 1.27 bits per heavy atom. The third-order valence-electron chi connectivity index (χ3n) is 4.37. The Morgan fingerprint density at radius 3 is 2.69 bits per heavy atom. The molecule has 1 aliphatic rings. The highest BCUT2D eigenvalue weighted by Gasteiger charge is 2.29. The van der Waals surface area contributed by atoms with Gasteiger partial charge in [0.1, 0.15) is 0 Å². The van der Waals surface area contributed by atoms with Crippen LogP contribution in [-0.4, -0.2) is 52.0 Å². The van der Waals surface area contributed by atoms with E-state index in [1.165, 1.54) is 0 Å². The number of nitrogens with one attached hydrogen (secondary N) is 2. The topological polar surface area (TPSA) is 79.8 Å². The Bertz CT molecular complexity index is 669. The zero-order chi connectivity index (χ0) is 18.9. The molecule has 0 radical (unpaired) electrons. The van der Waals surface area contributed by atoms with E-state index >= 15 is 0 Å². The van der Waals surface area contributed by atoms with E-state index in [4.69, 9.17) is 4.74 Å². The molecule has 0 amide bonds. The van der Waals surface area contributed by atoms with Gasteiger partial charge in [0.25, 0.3) is 0 Å². The average molecular weight is 382 g/mol. The Morgan fingerprint density at radius 2 is 2.04 bits per heavy atom. The van der Waals surface area contributed by atoms with E-state index in [1.54, 1.807) is 0 Å². The second-order valence-electron chi connectivity index (χ2n) is 6.96. The fraction of sp³-hybridized carbons (Fsp3) is 0.632. The van der Waals surface area contributed by atoms with Crippen molar-refractivity contribution < 1.29 is 13.2 Å². The predicted molar refractivity (Wildman–Crippen MR) is 106 cm³/mol. The second kappa shape index (κ2) is 9.92. The Labute approximate surface area is 157 Å². The number of sulfone groups is 1. The van der Waals surface area contributed by atoms with Gasteiger partial charge in [0.2, 0.25) is 0 Å². The molecular formula is C19H31N3O3S. The van der Waals surface area contributed by atoms with Crippen molar-refractivity contribution in [2.75, 3.05) is 32.0 Å². The van der Waals surface area contributed by atoms with E-state index in [0.29, 0.717) is 25.5 Å². The lowest BCUT2D eigenvalue weighted by Crippen LogP contribution is -2.40. The highest BCUT2D eigenvalue weighted by Crippen LogP contribution is 2.24. The molecule has 0 aliphatic carbocycles. The first kappa shape index (κ1) is 20.7. The lowest BCUT2D eigenvalue weighted by atomic mass is 10.0. The van der Waals surface area contributed by atoms with Crippen molar-refractivity contribution >= 4 is 15.8 Å². The van der Waals surface area contributed by atoms with Crippen LogP contribution in [0.1, 0.15) is 38.7 Å². The number of guanidine groups is 1. The Kier molecular flexibility index (Phi) is 7.90. The maximum Gasteiger partial charge on any atom is 0.191 e. The molecule has 6 nitrogen and oxygen atoms in total. The zero-order valence-electron chi connectivity index (χ0n) is 15.8. The summed E-state index contributed by atoms with van der Waals surface area (Å²) in [5, 5.41) is 6.41. The van der Waals surface area contributed by atoms with Crippen LogP contribution in [0.25, 0.3) is 0 Å². The van der Waals surface area contributed by atoms with Crippen LogP contribution in [0, 0.1) is 0 Å². The van der Waals surface area contributed by atoms with E-state index in [0.717, 1.165) is 31.6 Å². The molecule has 0 saturated carbocycles. The van der Waals surface area contributed by atoms with Crippen molar-refractivity contribution in [3.05, 3.63) is 35.9 Å². The molecule has 1 atom stereocenters. The van der Waals surface area contributed by atoms with E-state index in [-0.39, 0.29) is 17.1 Å². The molecule has 7 heteroatoms. The minimum absolute atomic E-state index is 0.0949. The largest absolute Gasteiger partial charge is 0.373 e. The fourth-order valence-electron chi connectivity index (χ4n) is 2.95. The minimum Gasteiger partial charge on any atom is -0.373 e. The van der Waals surface area contributed by atoms with Gasteiger partial charge in [-0.15, -0.1) is 0 Å². The van der Waals surface area contributed by atoms with Crippen molar-refractivity contribution in [2.45, 2.75) is 44.5 Å². The number of rotatable bonds is 9. The SMILES string of the molecule is CCNC(=NCC1(C)CCCO1)NCCCS(=O)(=O)Cc1ccccc1. The smallest absolute Gasteiger partial charge is 0.191 e. The fourth-order valence-corrected chi connectivity index (χ4v) is 4.38. The number of nitrogens with zero attached hydrogens (tertiary/aromatic N) is 1. The van der Waals surface area contributed by atoms with Crippen molar-refractivity contribution in [1.82, 2.24) is 10.6 Å². The molecule has 1 fully saturated rings. The number of hydrogen-bond donors (Lipinski definition) is 2. The molecule has 0 aromatic heterocycles. The van der Waals surface area contributed by atoms with Crippen LogP contribution in [0.2, 0.25) is 0 Å². The van der Waals surface area contributed by atoms with Crippen LogP contribution in [0.4, 0.5) is 0 Å². The maximum atomic E-state index is 12.2. The standard InChI is InChI=1S/C19H31N3O3S/c1-3-20-18(22-16-19(2)11-7-13-25-19)21-12-8-14-26(23,24)15-17-9-5-4-6-10-17/h4-6,9-10H,3,7-8,11-16H2,1-2H3,(H2,20,21,22). The molecule has 26 heavy (non-hydrogen) atoms. The number of benzene rings is 1. The third-order valence-corrected chi connectivity index (χ3v) is 6.05. The Balaban J connectivity index is 1.76. The van der Waals surface area contributed by atoms with Gasteiger partial charge in [0.05, 0.1) is 23.7 Å². The van der Waals surface area contributed by atoms with Gasteiger partial charge in [-0.3, -0.25) is 4.99 Å². The van der Waals surface area contributed by atoms with Crippen LogP contribution < -0.4 is 10.6 Å². The van der Waals surface area contributed by atoms with Gasteiger partial charge in [-0.25, -0.2) is 8.42 Å². The van der Waals surface area contributed by atoms with Crippen molar-refractivity contribution in [2.24, 2.45) is 4.99 Å². The van der Waals surface area contributed by atoms with Gasteiger partial charge >= 0.3 is 0 Å². The molecule has 2 N–H and O–H groups in total.